The monoisotopic (exact) mass is 257 g/mol. The van der Waals surface area contributed by atoms with E-state index < -0.39 is 0 Å². The fourth-order valence-corrected chi connectivity index (χ4v) is 2.59. The predicted octanol–water partition coefficient (Wildman–Crippen LogP) is 2.15. The van der Waals surface area contributed by atoms with Crippen molar-refractivity contribution >= 4 is 0 Å². The number of rotatable bonds is 4. The van der Waals surface area contributed by atoms with E-state index in [1.807, 2.05) is 19.4 Å². The molecule has 4 heteroatoms. The molecular formula is C15H19N3O. The van der Waals surface area contributed by atoms with Crippen LogP contribution < -0.4 is 5.32 Å². The SMILES string of the molecule is CCNC(c1ccc2c(c1)COC2)c1nccn1C. The van der Waals surface area contributed by atoms with Gasteiger partial charge in [-0.25, -0.2) is 4.98 Å². The van der Waals surface area contributed by atoms with Crippen molar-refractivity contribution < 1.29 is 4.74 Å². The van der Waals surface area contributed by atoms with Crippen molar-refractivity contribution in [3.63, 3.8) is 0 Å². The second-order valence-electron chi connectivity index (χ2n) is 4.91. The molecule has 1 aliphatic rings. The van der Waals surface area contributed by atoms with E-state index in [9.17, 15) is 0 Å². The molecule has 3 rings (SSSR count). The van der Waals surface area contributed by atoms with E-state index in [1.165, 1.54) is 16.7 Å². The van der Waals surface area contributed by atoms with E-state index in [0.29, 0.717) is 0 Å². The van der Waals surface area contributed by atoms with Crippen molar-refractivity contribution in [1.29, 1.82) is 0 Å². The topological polar surface area (TPSA) is 39.1 Å². The first-order valence-corrected chi connectivity index (χ1v) is 6.69. The van der Waals surface area contributed by atoms with Gasteiger partial charge in [-0.05, 0) is 23.2 Å². The van der Waals surface area contributed by atoms with Crippen LogP contribution in [0.25, 0.3) is 0 Å². The molecule has 4 nitrogen and oxygen atoms in total. The van der Waals surface area contributed by atoms with Crippen molar-refractivity contribution in [2.24, 2.45) is 7.05 Å². The Balaban J connectivity index is 1.98. The van der Waals surface area contributed by atoms with Crippen LogP contribution in [0.15, 0.2) is 30.6 Å². The van der Waals surface area contributed by atoms with E-state index in [0.717, 1.165) is 25.6 Å². The fraction of sp³-hybridized carbons (Fsp3) is 0.400. The summed E-state index contributed by atoms with van der Waals surface area (Å²) in [6, 6.07) is 6.72. The summed E-state index contributed by atoms with van der Waals surface area (Å²) in [7, 11) is 2.03. The zero-order valence-electron chi connectivity index (χ0n) is 11.4. The molecule has 0 saturated heterocycles. The number of hydrogen-bond donors (Lipinski definition) is 1. The lowest BCUT2D eigenvalue weighted by atomic mass is 10.0. The van der Waals surface area contributed by atoms with E-state index in [-0.39, 0.29) is 6.04 Å². The van der Waals surface area contributed by atoms with Gasteiger partial charge in [0.2, 0.25) is 0 Å². The van der Waals surface area contributed by atoms with Crippen LogP contribution in [0.5, 0.6) is 0 Å². The number of benzene rings is 1. The van der Waals surface area contributed by atoms with E-state index >= 15 is 0 Å². The third kappa shape index (κ3) is 2.29. The summed E-state index contributed by atoms with van der Waals surface area (Å²) in [4.78, 5) is 4.47. The van der Waals surface area contributed by atoms with Crippen LogP contribution in [0, 0.1) is 0 Å². The molecule has 1 aromatic carbocycles. The lowest BCUT2D eigenvalue weighted by Crippen LogP contribution is -2.24. The minimum atomic E-state index is 0.135. The first kappa shape index (κ1) is 12.4. The molecule has 2 aromatic rings. The number of hydrogen-bond acceptors (Lipinski definition) is 3. The average molecular weight is 257 g/mol. The third-order valence-electron chi connectivity index (χ3n) is 3.60. The van der Waals surface area contributed by atoms with Gasteiger partial charge in [-0.15, -0.1) is 0 Å². The van der Waals surface area contributed by atoms with Gasteiger partial charge in [0.05, 0.1) is 19.3 Å². The molecular weight excluding hydrogens is 238 g/mol. The summed E-state index contributed by atoms with van der Waals surface area (Å²) in [5.41, 5.74) is 3.86. The molecule has 1 aromatic heterocycles. The minimum absolute atomic E-state index is 0.135. The number of nitrogens with zero attached hydrogens (tertiary/aromatic N) is 2. The van der Waals surface area contributed by atoms with Crippen LogP contribution >= 0.6 is 0 Å². The first-order chi connectivity index (χ1) is 9.29. The van der Waals surface area contributed by atoms with Crippen LogP contribution in [-0.4, -0.2) is 16.1 Å². The molecule has 1 N–H and O–H groups in total. The Labute approximate surface area is 113 Å². The highest BCUT2D eigenvalue weighted by Crippen LogP contribution is 2.26. The average Bonchev–Trinajstić information content (AvgIpc) is 3.03. The standard InChI is InChI=1S/C15H19N3O/c1-3-16-14(15-17-6-7-18(15)2)11-4-5-12-9-19-10-13(12)8-11/h4-8,14,16H,3,9-10H2,1-2H3. The number of imidazole rings is 1. The molecule has 1 aliphatic heterocycles. The molecule has 2 heterocycles. The van der Waals surface area contributed by atoms with E-state index in [2.05, 4.69) is 40.0 Å². The van der Waals surface area contributed by atoms with Gasteiger partial charge >= 0.3 is 0 Å². The molecule has 0 spiro atoms. The van der Waals surface area contributed by atoms with Gasteiger partial charge in [0.25, 0.3) is 0 Å². The van der Waals surface area contributed by atoms with Crippen molar-refractivity contribution in [3.8, 4) is 0 Å². The normalized spacial score (nSPS) is 15.5. The number of fused-ring (bicyclic) bond motifs is 1. The second kappa shape index (κ2) is 5.15. The van der Waals surface area contributed by atoms with Crippen LogP contribution in [0.2, 0.25) is 0 Å². The second-order valence-corrected chi connectivity index (χ2v) is 4.91. The summed E-state index contributed by atoms with van der Waals surface area (Å²) < 4.78 is 7.55. The molecule has 0 fully saturated rings. The largest absolute Gasteiger partial charge is 0.372 e. The highest BCUT2D eigenvalue weighted by atomic mass is 16.5. The molecule has 19 heavy (non-hydrogen) atoms. The van der Waals surface area contributed by atoms with E-state index in [4.69, 9.17) is 4.74 Å². The fourth-order valence-electron chi connectivity index (χ4n) is 2.59. The molecule has 0 bridgehead atoms. The van der Waals surface area contributed by atoms with Gasteiger partial charge in [-0.3, -0.25) is 0 Å². The molecule has 1 unspecified atom stereocenters. The lowest BCUT2D eigenvalue weighted by molar-refractivity contribution is 0.134. The van der Waals surface area contributed by atoms with Gasteiger partial charge in [-0.2, -0.15) is 0 Å². The Hall–Kier alpha value is -1.65. The van der Waals surface area contributed by atoms with Crippen LogP contribution in [0.3, 0.4) is 0 Å². The van der Waals surface area contributed by atoms with Gasteiger partial charge < -0.3 is 14.6 Å². The molecule has 0 saturated carbocycles. The Kier molecular flexibility index (Phi) is 3.36. The smallest absolute Gasteiger partial charge is 0.130 e. The number of aryl methyl sites for hydroxylation is 1. The summed E-state index contributed by atoms with van der Waals surface area (Å²) in [5, 5.41) is 3.51. The Morgan fingerprint density at radius 1 is 1.37 bits per heavy atom. The first-order valence-electron chi connectivity index (χ1n) is 6.69. The van der Waals surface area contributed by atoms with Crippen LogP contribution in [0.4, 0.5) is 0 Å². The van der Waals surface area contributed by atoms with Gasteiger partial charge in [-0.1, -0.05) is 25.1 Å². The molecule has 0 aliphatic carbocycles. The maximum absolute atomic E-state index is 5.48. The lowest BCUT2D eigenvalue weighted by Gasteiger charge is -2.19. The summed E-state index contributed by atoms with van der Waals surface area (Å²) >= 11 is 0. The molecule has 100 valence electrons. The van der Waals surface area contributed by atoms with Crippen molar-refractivity contribution in [3.05, 3.63) is 53.1 Å². The number of aromatic nitrogens is 2. The van der Waals surface area contributed by atoms with Gasteiger partial charge in [0.1, 0.15) is 5.82 Å². The summed E-state index contributed by atoms with van der Waals surface area (Å²) in [5.74, 6) is 1.04. The minimum Gasteiger partial charge on any atom is -0.372 e. The Bertz CT molecular complexity index is 577. The zero-order valence-corrected chi connectivity index (χ0v) is 11.4. The number of ether oxygens (including phenoxy) is 1. The maximum atomic E-state index is 5.48. The molecule has 0 radical (unpaired) electrons. The zero-order chi connectivity index (χ0) is 13.2. The van der Waals surface area contributed by atoms with Crippen molar-refractivity contribution in [1.82, 2.24) is 14.9 Å². The summed E-state index contributed by atoms with van der Waals surface area (Å²) in [6.45, 7) is 4.49. The van der Waals surface area contributed by atoms with Gasteiger partial charge in [0.15, 0.2) is 0 Å². The van der Waals surface area contributed by atoms with Crippen molar-refractivity contribution in [2.75, 3.05) is 6.54 Å². The third-order valence-corrected chi connectivity index (χ3v) is 3.60. The Morgan fingerprint density at radius 3 is 2.95 bits per heavy atom. The Morgan fingerprint density at radius 2 is 2.21 bits per heavy atom. The highest BCUT2D eigenvalue weighted by molar-refractivity contribution is 5.36. The van der Waals surface area contributed by atoms with E-state index in [1.54, 1.807) is 0 Å². The van der Waals surface area contributed by atoms with Crippen molar-refractivity contribution in [2.45, 2.75) is 26.2 Å². The van der Waals surface area contributed by atoms with Gasteiger partial charge in [0, 0.05) is 19.4 Å². The quantitative estimate of drug-likeness (QED) is 0.912. The van der Waals surface area contributed by atoms with Crippen LogP contribution in [-0.2, 0) is 25.0 Å². The maximum Gasteiger partial charge on any atom is 0.130 e. The molecule has 1 atom stereocenters. The highest BCUT2D eigenvalue weighted by Gasteiger charge is 2.19. The number of nitrogens with one attached hydrogen (secondary N) is 1. The molecule has 0 amide bonds. The summed E-state index contributed by atoms with van der Waals surface area (Å²) in [6.07, 6.45) is 3.83. The van der Waals surface area contributed by atoms with Crippen LogP contribution in [0.1, 0.15) is 35.5 Å². The predicted molar refractivity (Wildman–Crippen MR) is 73.7 cm³/mol.